The topological polar surface area (TPSA) is 42.4 Å². The predicted molar refractivity (Wildman–Crippen MR) is 101 cm³/mol. The van der Waals surface area contributed by atoms with Crippen LogP contribution in [0.25, 0.3) is 21.9 Å². The molecule has 3 rings (SSSR count). The largest absolute Gasteiger partial charge is 0.484 e. The van der Waals surface area contributed by atoms with Crippen LogP contribution < -0.4 is 4.74 Å². The summed E-state index contributed by atoms with van der Waals surface area (Å²) < 4.78 is 5.58. The van der Waals surface area contributed by atoms with E-state index < -0.39 is 0 Å². The first-order chi connectivity index (χ1) is 12.0. The number of rotatable bonds is 4. The highest BCUT2D eigenvalue weighted by molar-refractivity contribution is 6.34. The number of amides is 1. The molecule has 1 aromatic heterocycles. The highest BCUT2D eigenvalue weighted by Crippen LogP contribution is 2.34. The van der Waals surface area contributed by atoms with Gasteiger partial charge in [0.1, 0.15) is 10.9 Å². The third kappa shape index (κ3) is 3.59. The van der Waals surface area contributed by atoms with Crippen molar-refractivity contribution in [3.63, 3.8) is 0 Å². The molecule has 1 heterocycles. The smallest absolute Gasteiger partial charge is 0.259 e. The van der Waals surface area contributed by atoms with E-state index in [4.69, 9.17) is 16.3 Å². The Hall–Kier alpha value is -2.59. The Kier molecular flexibility index (Phi) is 4.91. The van der Waals surface area contributed by atoms with Gasteiger partial charge in [-0.2, -0.15) is 0 Å². The Morgan fingerprint density at radius 3 is 2.60 bits per heavy atom. The summed E-state index contributed by atoms with van der Waals surface area (Å²) >= 11 is 6.30. The molecule has 0 N–H and O–H groups in total. The second kappa shape index (κ2) is 7.11. The monoisotopic (exact) mass is 354 g/mol. The Balaban J connectivity index is 2.02. The fourth-order valence-electron chi connectivity index (χ4n) is 2.64. The van der Waals surface area contributed by atoms with Crippen molar-refractivity contribution >= 4 is 28.3 Å². The number of pyridine rings is 1. The number of halogens is 1. The molecule has 0 aliphatic heterocycles. The second-order valence-corrected chi connectivity index (χ2v) is 6.42. The molecular weight excluding hydrogens is 336 g/mol. The number of carbonyl (C=O) groups is 1. The zero-order chi connectivity index (χ0) is 18.0. The standard InChI is InChI=1S/C20H19ClN2O2/c1-13-6-4-5-7-15(13)18-11-22-20(21)17-10-14(8-9-16(17)18)25-12-19(24)23(2)3/h4-11H,12H2,1-3H3. The summed E-state index contributed by atoms with van der Waals surface area (Å²) in [7, 11) is 3.39. The highest BCUT2D eigenvalue weighted by atomic mass is 35.5. The molecule has 0 unspecified atom stereocenters. The molecule has 0 saturated carbocycles. The molecule has 5 heteroatoms. The van der Waals surface area contributed by atoms with E-state index in [-0.39, 0.29) is 12.5 Å². The maximum Gasteiger partial charge on any atom is 0.259 e. The minimum absolute atomic E-state index is 0.0129. The van der Waals surface area contributed by atoms with Gasteiger partial charge in [0, 0.05) is 31.2 Å². The molecule has 4 nitrogen and oxygen atoms in total. The number of aryl methyl sites for hydroxylation is 1. The van der Waals surface area contributed by atoms with Gasteiger partial charge in [-0.1, -0.05) is 35.9 Å². The molecule has 0 aliphatic rings. The number of nitrogens with zero attached hydrogens (tertiary/aromatic N) is 2. The lowest BCUT2D eigenvalue weighted by Gasteiger charge is -2.13. The first-order valence-corrected chi connectivity index (χ1v) is 8.32. The van der Waals surface area contributed by atoms with Crippen LogP contribution >= 0.6 is 11.6 Å². The van der Waals surface area contributed by atoms with Gasteiger partial charge in [0.05, 0.1) is 0 Å². The molecule has 0 aliphatic carbocycles. The van der Waals surface area contributed by atoms with Crippen LogP contribution in [0.4, 0.5) is 0 Å². The van der Waals surface area contributed by atoms with Crippen LogP contribution in [0.3, 0.4) is 0 Å². The van der Waals surface area contributed by atoms with Gasteiger partial charge in [-0.3, -0.25) is 4.79 Å². The van der Waals surface area contributed by atoms with Gasteiger partial charge in [-0.25, -0.2) is 4.98 Å². The number of hydrogen-bond donors (Lipinski definition) is 0. The van der Waals surface area contributed by atoms with E-state index in [0.29, 0.717) is 10.9 Å². The van der Waals surface area contributed by atoms with Crippen molar-refractivity contribution in [3.8, 4) is 16.9 Å². The molecule has 0 spiro atoms. The minimum Gasteiger partial charge on any atom is -0.484 e. The van der Waals surface area contributed by atoms with Gasteiger partial charge in [-0.05, 0) is 41.6 Å². The number of benzene rings is 2. The summed E-state index contributed by atoms with van der Waals surface area (Å²) in [4.78, 5) is 17.5. The van der Waals surface area contributed by atoms with Crippen molar-refractivity contribution in [2.24, 2.45) is 0 Å². The zero-order valence-corrected chi connectivity index (χ0v) is 15.2. The van der Waals surface area contributed by atoms with Gasteiger partial charge in [0.25, 0.3) is 5.91 Å². The van der Waals surface area contributed by atoms with Crippen molar-refractivity contribution < 1.29 is 9.53 Å². The Morgan fingerprint density at radius 2 is 1.88 bits per heavy atom. The van der Waals surface area contributed by atoms with Crippen molar-refractivity contribution in [3.05, 3.63) is 59.4 Å². The average molecular weight is 355 g/mol. The van der Waals surface area contributed by atoms with Gasteiger partial charge < -0.3 is 9.64 Å². The number of likely N-dealkylation sites (N-methyl/N-ethyl adjacent to an activating group) is 1. The summed E-state index contributed by atoms with van der Waals surface area (Å²) in [6.45, 7) is 2.06. The van der Waals surface area contributed by atoms with E-state index in [0.717, 1.165) is 21.9 Å². The van der Waals surface area contributed by atoms with Crippen molar-refractivity contribution in [1.82, 2.24) is 9.88 Å². The third-order valence-corrected chi connectivity index (χ3v) is 4.41. The second-order valence-electron chi connectivity index (χ2n) is 6.06. The molecular formula is C20H19ClN2O2. The number of fused-ring (bicyclic) bond motifs is 1. The normalized spacial score (nSPS) is 10.7. The maximum atomic E-state index is 11.7. The summed E-state index contributed by atoms with van der Waals surface area (Å²) in [6.07, 6.45) is 1.79. The molecule has 128 valence electrons. The van der Waals surface area contributed by atoms with Crippen LogP contribution in [0, 0.1) is 6.92 Å². The number of carbonyl (C=O) groups excluding carboxylic acids is 1. The van der Waals surface area contributed by atoms with Gasteiger partial charge >= 0.3 is 0 Å². The van der Waals surface area contributed by atoms with E-state index >= 15 is 0 Å². The molecule has 2 aromatic carbocycles. The number of hydrogen-bond acceptors (Lipinski definition) is 3. The lowest BCUT2D eigenvalue weighted by molar-refractivity contribution is -0.130. The lowest BCUT2D eigenvalue weighted by atomic mass is 9.97. The van der Waals surface area contributed by atoms with Crippen LogP contribution in [-0.4, -0.2) is 36.5 Å². The fourth-order valence-corrected chi connectivity index (χ4v) is 2.85. The van der Waals surface area contributed by atoms with Gasteiger partial charge in [0.2, 0.25) is 0 Å². The minimum atomic E-state index is -0.0991. The van der Waals surface area contributed by atoms with Crippen LogP contribution in [0.1, 0.15) is 5.56 Å². The molecule has 1 amide bonds. The van der Waals surface area contributed by atoms with E-state index in [1.54, 1.807) is 20.3 Å². The first-order valence-electron chi connectivity index (χ1n) is 7.94. The predicted octanol–water partition coefficient (Wildman–Crippen LogP) is 4.33. The lowest BCUT2D eigenvalue weighted by Crippen LogP contribution is -2.27. The van der Waals surface area contributed by atoms with Crippen LogP contribution in [0.2, 0.25) is 5.15 Å². The molecule has 0 atom stereocenters. The average Bonchev–Trinajstić information content (AvgIpc) is 2.61. The molecule has 0 radical (unpaired) electrons. The highest BCUT2D eigenvalue weighted by Gasteiger charge is 2.12. The van der Waals surface area contributed by atoms with E-state index in [1.165, 1.54) is 10.5 Å². The molecule has 0 bridgehead atoms. The van der Waals surface area contributed by atoms with Crippen molar-refractivity contribution in [1.29, 1.82) is 0 Å². The van der Waals surface area contributed by atoms with Crippen LogP contribution in [-0.2, 0) is 4.79 Å². The number of aromatic nitrogens is 1. The summed E-state index contributed by atoms with van der Waals surface area (Å²) in [5.41, 5.74) is 3.31. The zero-order valence-electron chi connectivity index (χ0n) is 14.4. The maximum absolute atomic E-state index is 11.7. The summed E-state index contributed by atoms with van der Waals surface area (Å²) in [5, 5.41) is 2.22. The molecule has 3 aromatic rings. The van der Waals surface area contributed by atoms with Crippen molar-refractivity contribution in [2.75, 3.05) is 20.7 Å². The van der Waals surface area contributed by atoms with E-state index in [2.05, 4.69) is 24.0 Å². The van der Waals surface area contributed by atoms with Crippen LogP contribution in [0.15, 0.2) is 48.7 Å². The first kappa shape index (κ1) is 17.2. The fraction of sp³-hybridized carbons (Fsp3) is 0.200. The van der Waals surface area contributed by atoms with Gasteiger partial charge in [0.15, 0.2) is 6.61 Å². The Morgan fingerprint density at radius 1 is 1.12 bits per heavy atom. The summed E-state index contributed by atoms with van der Waals surface area (Å²) in [5.74, 6) is 0.492. The third-order valence-electron chi connectivity index (χ3n) is 4.11. The van der Waals surface area contributed by atoms with E-state index in [9.17, 15) is 4.79 Å². The molecule has 0 saturated heterocycles. The summed E-state index contributed by atoms with van der Waals surface area (Å²) in [6, 6.07) is 13.8. The number of ether oxygens (including phenoxy) is 1. The van der Waals surface area contributed by atoms with Gasteiger partial charge in [-0.15, -0.1) is 0 Å². The molecule has 25 heavy (non-hydrogen) atoms. The SMILES string of the molecule is Cc1ccccc1-c1cnc(Cl)c2cc(OCC(=O)N(C)C)ccc12. The van der Waals surface area contributed by atoms with Crippen molar-refractivity contribution in [2.45, 2.75) is 6.92 Å². The van der Waals surface area contributed by atoms with E-state index in [1.807, 2.05) is 30.3 Å². The molecule has 0 fully saturated rings. The Bertz CT molecular complexity index is 938. The van der Waals surface area contributed by atoms with Crippen LogP contribution in [0.5, 0.6) is 5.75 Å². The Labute approximate surface area is 152 Å². The quantitative estimate of drug-likeness (QED) is 0.655.